The molecule has 2 aliphatic rings. The fourth-order valence-corrected chi connectivity index (χ4v) is 5.39. The number of aryl methyl sites for hydroxylation is 3. The van der Waals surface area contributed by atoms with Crippen molar-refractivity contribution in [1.29, 1.82) is 0 Å². The van der Waals surface area contributed by atoms with Crippen molar-refractivity contribution in [2.24, 2.45) is 0 Å². The maximum atomic E-state index is 6.40. The summed E-state index contributed by atoms with van der Waals surface area (Å²) in [5, 5.41) is 1.27. The van der Waals surface area contributed by atoms with Crippen molar-refractivity contribution in [3.8, 4) is 11.1 Å². The molecule has 5 rings (SSSR count). The number of hydrogen-bond donors (Lipinski definition) is 0. The van der Waals surface area contributed by atoms with E-state index in [2.05, 4.69) is 42.5 Å². The molecule has 135 valence electrons. The summed E-state index contributed by atoms with van der Waals surface area (Å²) in [7, 11) is 0. The van der Waals surface area contributed by atoms with E-state index in [1.807, 2.05) is 6.07 Å². The molecule has 3 aromatic rings. The van der Waals surface area contributed by atoms with Crippen molar-refractivity contribution in [3.05, 3.63) is 92.5 Å². The predicted octanol–water partition coefficient (Wildman–Crippen LogP) is 7.42. The first-order chi connectivity index (χ1) is 13.2. The zero-order valence-electron chi connectivity index (χ0n) is 15.2. The minimum atomic E-state index is 0.509. The molecule has 0 saturated carbocycles. The number of hydrogen-bond acceptors (Lipinski definition) is 0. The van der Waals surface area contributed by atoms with Gasteiger partial charge in [0.1, 0.15) is 0 Å². The zero-order chi connectivity index (χ0) is 18.4. The van der Waals surface area contributed by atoms with Crippen molar-refractivity contribution >= 4 is 23.2 Å². The summed E-state index contributed by atoms with van der Waals surface area (Å²) < 4.78 is 0. The molecule has 3 aromatic carbocycles. The Balaban J connectivity index is 1.52. The number of fused-ring (bicyclic) bond motifs is 2. The highest BCUT2D eigenvalue weighted by Crippen LogP contribution is 2.42. The summed E-state index contributed by atoms with van der Waals surface area (Å²) >= 11 is 12.8. The lowest BCUT2D eigenvalue weighted by Crippen LogP contribution is -2.05. The fraction of sp³-hybridized carbons (Fsp3) is 0.280. The van der Waals surface area contributed by atoms with Crippen LogP contribution in [0, 0.1) is 6.07 Å². The van der Waals surface area contributed by atoms with Gasteiger partial charge in [-0.05, 0) is 78.0 Å². The second-order valence-corrected chi connectivity index (χ2v) is 8.54. The summed E-state index contributed by atoms with van der Waals surface area (Å²) in [5.74, 6) is 0.509. The Hall–Kier alpha value is -1.76. The molecule has 2 heteroatoms. The van der Waals surface area contributed by atoms with Crippen LogP contribution in [-0.2, 0) is 19.3 Å². The van der Waals surface area contributed by atoms with Crippen LogP contribution in [0.2, 0.25) is 10.0 Å². The topological polar surface area (TPSA) is 0 Å². The van der Waals surface area contributed by atoms with Gasteiger partial charge in [0.2, 0.25) is 0 Å². The molecule has 0 fully saturated rings. The lowest BCUT2D eigenvalue weighted by atomic mass is 9.85. The summed E-state index contributed by atoms with van der Waals surface area (Å²) in [5.41, 5.74) is 9.47. The fourth-order valence-electron chi connectivity index (χ4n) is 4.80. The molecule has 1 radical (unpaired) electrons. The Morgan fingerprint density at radius 1 is 0.815 bits per heavy atom. The SMILES string of the molecule is Clc1[c]ccc(Cl)c1-c1ccc2c(c1)CCC2c1ccc2c(c1)CCCC2. The third kappa shape index (κ3) is 3.10. The van der Waals surface area contributed by atoms with Gasteiger partial charge in [-0.15, -0.1) is 0 Å². The van der Waals surface area contributed by atoms with E-state index in [-0.39, 0.29) is 0 Å². The highest BCUT2D eigenvalue weighted by atomic mass is 35.5. The van der Waals surface area contributed by atoms with E-state index in [1.165, 1.54) is 48.8 Å². The second kappa shape index (κ2) is 7.00. The largest absolute Gasteiger partial charge is 0.0836 e. The van der Waals surface area contributed by atoms with Crippen LogP contribution >= 0.6 is 23.2 Å². The minimum Gasteiger partial charge on any atom is -0.0836 e. The van der Waals surface area contributed by atoms with Crippen LogP contribution in [0.1, 0.15) is 53.0 Å². The predicted molar refractivity (Wildman–Crippen MR) is 114 cm³/mol. The van der Waals surface area contributed by atoms with E-state index in [9.17, 15) is 0 Å². The van der Waals surface area contributed by atoms with Crippen LogP contribution in [-0.4, -0.2) is 0 Å². The average Bonchev–Trinajstić information content (AvgIpc) is 3.11. The summed E-state index contributed by atoms with van der Waals surface area (Å²) in [6.45, 7) is 0. The second-order valence-electron chi connectivity index (χ2n) is 7.75. The smallest absolute Gasteiger partial charge is 0.0578 e. The standard InChI is InChI=1S/C25H21Cl2/c26-23-6-3-7-24(27)25(23)20-11-13-22-19(15-20)10-12-21(22)18-9-8-16-4-1-2-5-17(16)14-18/h3,6,8-9,11,13-15,21H,1-2,4-5,10,12H2. The van der Waals surface area contributed by atoms with Crippen molar-refractivity contribution in [2.75, 3.05) is 0 Å². The first kappa shape index (κ1) is 17.3. The molecule has 0 nitrogen and oxygen atoms in total. The molecule has 0 amide bonds. The Bertz CT molecular complexity index is 999. The lowest BCUT2D eigenvalue weighted by Gasteiger charge is -2.19. The van der Waals surface area contributed by atoms with Gasteiger partial charge in [0, 0.05) is 22.6 Å². The number of halogens is 2. The Morgan fingerprint density at radius 2 is 1.67 bits per heavy atom. The molecule has 0 N–H and O–H groups in total. The Labute approximate surface area is 171 Å². The number of benzene rings is 3. The molecular formula is C25H21Cl2. The van der Waals surface area contributed by atoms with Crippen LogP contribution in [0.25, 0.3) is 11.1 Å². The lowest BCUT2D eigenvalue weighted by molar-refractivity contribution is 0.681. The molecule has 0 aliphatic heterocycles. The minimum absolute atomic E-state index is 0.509. The average molecular weight is 392 g/mol. The van der Waals surface area contributed by atoms with E-state index < -0.39 is 0 Å². The molecule has 1 atom stereocenters. The highest BCUT2D eigenvalue weighted by Gasteiger charge is 2.25. The molecule has 0 spiro atoms. The van der Waals surface area contributed by atoms with E-state index in [4.69, 9.17) is 23.2 Å². The Kier molecular flexibility index (Phi) is 4.50. The highest BCUT2D eigenvalue weighted by molar-refractivity contribution is 6.39. The van der Waals surface area contributed by atoms with Crippen LogP contribution in [0.5, 0.6) is 0 Å². The van der Waals surface area contributed by atoms with Crippen molar-refractivity contribution in [2.45, 2.75) is 44.4 Å². The van der Waals surface area contributed by atoms with Gasteiger partial charge in [-0.1, -0.05) is 65.7 Å². The quantitative estimate of drug-likeness (QED) is 0.426. The molecule has 0 bridgehead atoms. The van der Waals surface area contributed by atoms with Gasteiger partial charge in [-0.2, -0.15) is 0 Å². The summed E-state index contributed by atoms with van der Waals surface area (Å²) in [6.07, 6.45) is 7.44. The van der Waals surface area contributed by atoms with Gasteiger partial charge in [0.15, 0.2) is 0 Å². The first-order valence-corrected chi connectivity index (χ1v) is 10.6. The molecule has 2 aliphatic carbocycles. The normalized spacial score (nSPS) is 18.2. The van der Waals surface area contributed by atoms with Crippen molar-refractivity contribution < 1.29 is 0 Å². The van der Waals surface area contributed by atoms with Crippen LogP contribution in [0.15, 0.2) is 48.5 Å². The first-order valence-electron chi connectivity index (χ1n) is 9.81. The monoisotopic (exact) mass is 391 g/mol. The zero-order valence-corrected chi connectivity index (χ0v) is 16.7. The maximum Gasteiger partial charge on any atom is 0.0578 e. The van der Waals surface area contributed by atoms with Gasteiger partial charge < -0.3 is 0 Å². The van der Waals surface area contributed by atoms with Crippen molar-refractivity contribution in [1.82, 2.24) is 0 Å². The van der Waals surface area contributed by atoms with E-state index in [0.717, 1.165) is 17.5 Å². The van der Waals surface area contributed by atoms with Crippen LogP contribution in [0.4, 0.5) is 0 Å². The van der Waals surface area contributed by atoms with E-state index in [1.54, 1.807) is 17.2 Å². The molecule has 0 saturated heterocycles. The van der Waals surface area contributed by atoms with Crippen molar-refractivity contribution in [3.63, 3.8) is 0 Å². The van der Waals surface area contributed by atoms with Gasteiger partial charge in [-0.3, -0.25) is 0 Å². The third-order valence-corrected chi connectivity index (χ3v) is 6.80. The third-order valence-electron chi connectivity index (χ3n) is 6.18. The number of rotatable bonds is 2. The summed E-state index contributed by atoms with van der Waals surface area (Å²) in [6, 6.07) is 20.6. The summed E-state index contributed by atoms with van der Waals surface area (Å²) in [4.78, 5) is 0. The van der Waals surface area contributed by atoms with E-state index >= 15 is 0 Å². The maximum absolute atomic E-state index is 6.40. The molecule has 27 heavy (non-hydrogen) atoms. The molecule has 0 aromatic heterocycles. The molecule has 0 heterocycles. The van der Waals surface area contributed by atoms with E-state index in [0.29, 0.717) is 16.0 Å². The van der Waals surface area contributed by atoms with Gasteiger partial charge in [0.25, 0.3) is 0 Å². The van der Waals surface area contributed by atoms with Gasteiger partial charge in [-0.25, -0.2) is 0 Å². The Morgan fingerprint density at radius 3 is 2.52 bits per heavy atom. The van der Waals surface area contributed by atoms with Gasteiger partial charge in [0.05, 0.1) is 5.02 Å². The molecule has 1 unspecified atom stereocenters. The van der Waals surface area contributed by atoms with Crippen LogP contribution in [0.3, 0.4) is 0 Å². The van der Waals surface area contributed by atoms with Crippen LogP contribution < -0.4 is 0 Å². The van der Waals surface area contributed by atoms with Gasteiger partial charge >= 0.3 is 0 Å². The molecular weight excluding hydrogens is 371 g/mol.